The summed E-state index contributed by atoms with van der Waals surface area (Å²) in [5, 5.41) is 6.91. The summed E-state index contributed by atoms with van der Waals surface area (Å²) in [6, 6.07) is 9.66. The van der Waals surface area contributed by atoms with Crippen molar-refractivity contribution in [2.24, 2.45) is 0 Å². The average molecular weight is 325 g/mol. The maximum Gasteiger partial charge on any atom is 0.310 e. The highest BCUT2D eigenvalue weighted by atomic mass is 16.5. The standard InChI is InChI=1S/C18H19N3O3/c1-4-10-19-17(22)12-24-18(23)11-16-13(2)20-21(14(16)3)15-8-6-5-7-9-15/h1,5-9H,10-12H2,2-3H3,(H,19,22). The summed E-state index contributed by atoms with van der Waals surface area (Å²) in [4.78, 5) is 23.3. The Balaban J connectivity index is 2.03. The second kappa shape index (κ2) is 7.97. The van der Waals surface area contributed by atoms with Crippen molar-refractivity contribution in [3.8, 4) is 18.0 Å². The Morgan fingerprint density at radius 1 is 1.29 bits per heavy atom. The molecule has 0 atom stereocenters. The summed E-state index contributed by atoms with van der Waals surface area (Å²) >= 11 is 0. The number of ether oxygens (including phenoxy) is 1. The van der Waals surface area contributed by atoms with Crippen LogP contribution in [-0.4, -0.2) is 34.8 Å². The topological polar surface area (TPSA) is 73.2 Å². The zero-order valence-corrected chi connectivity index (χ0v) is 13.7. The minimum absolute atomic E-state index is 0.0624. The number of hydrogen-bond acceptors (Lipinski definition) is 4. The van der Waals surface area contributed by atoms with Gasteiger partial charge in [-0.25, -0.2) is 4.68 Å². The first-order chi connectivity index (χ1) is 11.5. The van der Waals surface area contributed by atoms with Gasteiger partial charge in [0.15, 0.2) is 6.61 Å². The van der Waals surface area contributed by atoms with Crippen molar-refractivity contribution in [3.05, 3.63) is 47.3 Å². The molecule has 0 spiro atoms. The molecule has 24 heavy (non-hydrogen) atoms. The van der Waals surface area contributed by atoms with E-state index in [2.05, 4.69) is 16.3 Å². The second-order valence-corrected chi connectivity index (χ2v) is 5.22. The number of amides is 1. The highest BCUT2D eigenvalue weighted by Gasteiger charge is 2.17. The number of terminal acetylenes is 1. The van der Waals surface area contributed by atoms with Crippen molar-refractivity contribution >= 4 is 11.9 Å². The quantitative estimate of drug-likeness (QED) is 0.642. The van der Waals surface area contributed by atoms with Gasteiger partial charge in [0.25, 0.3) is 5.91 Å². The van der Waals surface area contributed by atoms with Crippen LogP contribution in [-0.2, 0) is 20.7 Å². The summed E-state index contributed by atoms with van der Waals surface area (Å²) in [6.07, 6.45) is 5.10. The smallest absolute Gasteiger partial charge is 0.310 e. The zero-order chi connectivity index (χ0) is 17.5. The molecular formula is C18H19N3O3. The molecule has 0 unspecified atom stereocenters. The van der Waals surface area contributed by atoms with Gasteiger partial charge in [0.2, 0.25) is 0 Å². The first-order valence-corrected chi connectivity index (χ1v) is 7.49. The van der Waals surface area contributed by atoms with Crippen LogP contribution in [0.3, 0.4) is 0 Å². The number of carbonyl (C=O) groups excluding carboxylic acids is 2. The van der Waals surface area contributed by atoms with E-state index < -0.39 is 11.9 Å². The number of nitrogens with one attached hydrogen (secondary N) is 1. The van der Waals surface area contributed by atoms with Crippen LogP contribution in [0.15, 0.2) is 30.3 Å². The third-order valence-electron chi connectivity index (χ3n) is 3.51. The van der Waals surface area contributed by atoms with E-state index in [9.17, 15) is 9.59 Å². The maximum absolute atomic E-state index is 12.0. The van der Waals surface area contributed by atoms with Gasteiger partial charge in [0, 0.05) is 11.3 Å². The van der Waals surface area contributed by atoms with Crippen LogP contribution in [0, 0.1) is 26.2 Å². The van der Waals surface area contributed by atoms with Gasteiger partial charge >= 0.3 is 5.97 Å². The molecule has 0 fully saturated rings. The SMILES string of the molecule is C#CCNC(=O)COC(=O)Cc1c(C)nn(-c2ccccc2)c1C. The Morgan fingerprint density at radius 2 is 2.00 bits per heavy atom. The number of aryl methyl sites for hydroxylation is 1. The summed E-state index contributed by atoms with van der Waals surface area (Å²) in [5.74, 6) is 1.37. The van der Waals surface area contributed by atoms with Crippen LogP contribution in [0.25, 0.3) is 5.69 Å². The number of rotatable bonds is 6. The van der Waals surface area contributed by atoms with Crippen molar-refractivity contribution in [2.45, 2.75) is 20.3 Å². The molecule has 0 saturated heterocycles. The van der Waals surface area contributed by atoms with Crippen LogP contribution in [0.5, 0.6) is 0 Å². The number of nitrogens with zero attached hydrogens (tertiary/aromatic N) is 2. The number of esters is 1. The Labute approximate surface area is 140 Å². The van der Waals surface area contributed by atoms with Gasteiger partial charge in [-0.3, -0.25) is 9.59 Å². The Bertz CT molecular complexity index is 773. The molecule has 0 radical (unpaired) electrons. The average Bonchev–Trinajstić information content (AvgIpc) is 2.87. The van der Waals surface area contributed by atoms with E-state index in [1.807, 2.05) is 44.2 Å². The summed E-state index contributed by atoms with van der Waals surface area (Å²) in [5.41, 5.74) is 3.34. The predicted octanol–water partition coefficient (Wildman–Crippen LogP) is 1.32. The number of para-hydroxylation sites is 1. The van der Waals surface area contributed by atoms with Crippen molar-refractivity contribution in [1.29, 1.82) is 0 Å². The number of hydrogen-bond donors (Lipinski definition) is 1. The molecule has 6 heteroatoms. The Morgan fingerprint density at radius 3 is 2.67 bits per heavy atom. The second-order valence-electron chi connectivity index (χ2n) is 5.22. The van der Waals surface area contributed by atoms with Gasteiger partial charge in [-0.1, -0.05) is 24.1 Å². The molecule has 0 saturated carbocycles. The molecule has 1 heterocycles. The van der Waals surface area contributed by atoms with Crippen molar-refractivity contribution in [3.63, 3.8) is 0 Å². The lowest BCUT2D eigenvalue weighted by molar-refractivity contribution is -0.147. The molecule has 0 aliphatic rings. The van der Waals surface area contributed by atoms with Crippen LogP contribution < -0.4 is 5.32 Å². The van der Waals surface area contributed by atoms with Gasteiger partial charge in [0.1, 0.15) is 0 Å². The van der Waals surface area contributed by atoms with Gasteiger partial charge in [-0.2, -0.15) is 5.10 Å². The molecule has 2 rings (SSSR count). The van der Waals surface area contributed by atoms with E-state index in [0.29, 0.717) is 0 Å². The summed E-state index contributed by atoms with van der Waals surface area (Å²) < 4.78 is 6.76. The minimum atomic E-state index is -0.482. The third-order valence-corrected chi connectivity index (χ3v) is 3.51. The highest BCUT2D eigenvalue weighted by molar-refractivity contribution is 5.81. The van der Waals surface area contributed by atoms with Gasteiger partial charge in [-0.05, 0) is 26.0 Å². The molecule has 1 aromatic carbocycles. The van der Waals surface area contributed by atoms with Crippen LogP contribution in [0.2, 0.25) is 0 Å². The van der Waals surface area contributed by atoms with Gasteiger partial charge in [-0.15, -0.1) is 6.42 Å². The van der Waals surface area contributed by atoms with E-state index in [-0.39, 0.29) is 19.6 Å². The van der Waals surface area contributed by atoms with Crippen LogP contribution in [0.4, 0.5) is 0 Å². The van der Waals surface area contributed by atoms with Crippen molar-refractivity contribution in [2.75, 3.05) is 13.2 Å². The lowest BCUT2D eigenvalue weighted by Gasteiger charge is -2.06. The van der Waals surface area contributed by atoms with E-state index in [1.165, 1.54) is 0 Å². The fourth-order valence-electron chi connectivity index (χ4n) is 2.29. The molecule has 0 aliphatic heterocycles. The van der Waals surface area contributed by atoms with Gasteiger partial charge < -0.3 is 10.1 Å². The highest BCUT2D eigenvalue weighted by Crippen LogP contribution is 2.18. The normalized spacial score (nSPS) is 10.0. The van der Waals surface area contributed by atoms with E-state index in [0.717, 1.165) is 22.6 Å². The lowest BCUT2D eigenvalue weighted by Crippen LogP contribution is -2.29. The Kier molecular flexibility index (Phi) is 5.74. The first kappa shape index (κ1) is 17.3. The molecule has 0 aliphatic carbocycles. The van der Waals surface area contributed by atoms with Gasteiger partial charge in [0.05, 0.1) is 24.3 Å². The lowest BCUT2D eigenvalue weighted by atomic mass is 10.1. The van der Waals surface area contributed by atoms with Crippen LogP contribution in [0.1, 0.15) is 17.0 Å². The third kappa shape index (κ3) is 4.23. The fourth-order valence-corrected chi connectivity index (χ4v) is 2.29. The molecule has 1 aromatic heterocycles. The maximum atomic E-state index is 12.0. The molecule has 124 valence electrons. The molecule has 1 amide bonds. The summed E-state index contributed by atoms with van der Waals surface area (Å²) in [7, 11) is 0. The largest absolute Gasteiger partial charge is 0.455 e. The molecular weight excluding hydrogens is 306 g/mol. The number of carbonyl (C=O) groups is 2. The zero-order valence-electron chi connectivity index (χ0n) is 13.7. The molecule has 0 bridgehead atoms. The first-order valence-electron chi connectivity index (χ1n) is 7.49. The van der Waals surface area contributed by atoms with E-state index in [1.54, 1.807) is 4.68 Å². The monoisotopic (exact) mass is 325 g/mol. The van der Waals surface area contributed by atoms with E-state index in [4.69, 9.17) is 11.2 Å². The fraction of sp³-hybridized carbons (Fsp3) is 0.278. The minimum Gasteiger partial charge on any atom is -0.455 e. The van der Waals surface area contributed by atoms with Crippen LogP contribution >= 0.6 is 0 Å². The van der Waals surface area contributed by atoms with Crippen molar-refractivity contribution in [1.82, 2.24) is 15.1 Å². The summed E-state index contributed by atoms with van der Waals surface area (Å²) in [6.45, 7) is 3.51. The molecule has 1 N–H and O–H groups in total. The number of aromatic nitrogens is 2. The van der Waals surface area contributed by atoms with E-state index >= 15 is 0 Å². The Hall–Kier alpha value is -3.07. The van der Waals surface area contributed by atoms with Crippen molar-refractivity contribution < 1.29 is 14.3 Å². The predicted molar refractivity (Wildman–Crippen MR) is 89.5 cm³/mol. The number of benzene rings is 1. The molecule has 6 nitrogen and oxygen atoms in total. The molecule has 2 aromatic rings.